The van der Waals surface area contributed by atoms with E-state index in [9.17, 15) is 18.0 Å². The molecule has 0 aromatic heterocycles. The van der Waals surface area contributed by atoms with Crippen LogP contribution >= 0.6 is 0 Å². The number of Topliss-reactive ketones (excluding diaryl/α,β-unsaturated/α-hetero) is 1. The van der Waals surface area contributed by atoms with Crippen LogP contribution in [0.2, 0.25) is 0 Å². The molecule has 0 fully saturated rings. The summed E-state index contributed by atoms with van der Waals surface area (Å²) in [5.41, 5.74) is 2.91. The number of amides is 1. The highest BCUT2D eigenvalue weighted by atomic mass is 32.2. The Kier molecular flexibility index (Phi) is 11.1. The Morgan fingerprint density at radius 1 is 0.622 bits per heavy atom. The van der Waals surface area contributed by atoms with Gasteiger partial charge in [-0.3, -0.25) is 9.59 Å². The van der Waals surface area contributed by atoms with Crippen molar-refractivity contribution < 1.29 is 18.0 Å². The minimum atomic E-state index is -3.99. The maximum atomic E-state index is 11.4. The molecule has 6 aromatic rings. The summed E-state index contributed by atoms with van der Waals surface area (Å²) in [7, 11) is -3.99. The molecular formula is C37H33N3O4S. The van der Waals surface area contributed by atoms with Crippen LogP contribution < -0.4 is 9.86 Å². The van der Waals surface area contributed by atoms with Crippen LogP contribution in [0.15, 0.2) is 127 Å². The molecule has 3 N–H and O–H groups in total. The Hall–Kier alpha value is -5.36. The fourth-order valence-corrected chi connectivity index (χ4v) is 5.19. The molecule has 0 saturated heterocycles. The van der Waals surface area contributed by atoms with E-state index in [1.54, 1.807) is 17.7 Å². The quantitative estimate of drug-likeness (QED) is 0.219. The van der Waals surface area contributed by atoms with Gasteiger partial charge in [-0.05, 0) is 55.9 Å². The van der Waals surface area contributed by atoms with Crippen molar-refractivity contribution in [2.24, 2.45) is 5.14 Å². The third-order valence-electron chi connectivity index (χ3n) is 6.80. The van der Waals surface area contributed by atoms with Crippen LogP contribution in [0.4, 0.5) is 0 Å². The third kappa shape index (κ3) is 10.4. The van der Waals surface area contributed by atoms with Gasteiger partial charge < -0.3 is 0 Å². The monoisotopic (exact) mass is 615 g/mol. The number of hydrogen-bond donors (Lipinski definition) is 2. The molecule has 0 aliphatic heterocycles. The number of hydrogen-bond acceptors (Lipinski definition) is 5. The summed E-state index contributed by atoms with van der Waals surface area (Å²) in [5, 5.41) is 20.2. The number of nitrogens with one attached hydrogen (secondary N) is 1. The van der Waals surface area contributed by atoms with Gasteiger partial charge >= 0.3 is 0 Å². The molecule has 0 atom stereocenters. The van der Waals surface area contributed by atoms with Gasteiger partial charge in [-0.25, -0.2) is 9.86 Å². The van der Waals surface area contributed by atoms with Gasteiger partial charge in [-0.1, -0.05) is 127 Å². The van der Waals surface area contributed by atoms with Crippen LogP contribution in [0.1, 0.15) is 23.6 Å². The Morgan fingerprint density at radius 2 is 1.00 bits per heavy atom. The standard InChI is InChI=1S/C13H12O.C12H12N2O3S.C12H9N/c1-10(14)8-11-6-7-12-4-2-3-5-13(12)9-11;13-18(16,17)14-12(15)8-9-5-6-10-3-1-2-4-11(10)7-9;13-8-7-10-5-6-11-3-1-2-4-12(11)9-10/h2-7,9H,8H2,1H3;1-7H,8H2,(H,14,15)(H2,13,16,17);1-6,9H,7H2. The Morgan fingerprint density at radius 3 is 1.40 bits per heavy atom. The van der Waals surface area contributed by atoms with Gasteiger partial charge in [0.25, 0.3) is 10.2 Å². The Balaban J connectivity index is 0.000000156. The van der Waals surface area contributed by atoms with Gasteiger partial charge in [-0.15, -0.1) is 0 Å². The third-order valence-corrected chi connectivity index (χ3v) is 7.31. The van der Waals surface area contributed by atoms with E-state index >= 15 is 0 Å². The maximum Gasteiger partial charge on any atom is 0.298 e. The molecule has 1 amide bonds. The molecule has 7 nitrogen and oxygen atoms in total. The number of ketones is 1. The van der Waals surface area contributed by atoms with Crippen LogP contribution in [-0.4, -0.2) is 20.1 Å². The van der Waals surface area contributed by atoms with Crippen molar-refractivity contribution in [3.8, 4) is 6.07 Å². The lowest BCUT2D eigenvalue weighted by atomic mass is 10.0. The molecule has 0 spiro atoms. The lowest BCUT2D eigenvalue weighted by Gasteiger charge is -2.04. The Bertz CT molecular complexity index is 2120. The highest BCUT2D eigenvalue weighted by Crippen LogP contribution is 2.18. The molecule has 6 rings (SSSR count). The molecule has 226 valence electrons. The zero-order valence-electron chi connectivity index (χ0n) is 24.8. The zero-order chi connectivity index (χ0) is 32.2. The molecule has 0 heterocycles. The lowest BCUT2D eigenvalue weighted by Crippen LogP contribution is -2.36. The summed E-state index contributed by atoms with van der Waals surface area (Å²) in [5.74, 6) is -0.437. The average molecular weight is 616 g/mol. The number of nitriles is 1. The first-order chi connectivity index (χ1) is 21.6. The number of benzene rings is 6. The van der Waals surface area contributed by atoms with Gasteiger partial charge in [0.2, 0.25) is 5.91 Å². The van der Waals surface area contributed by atoms with Gasteiger partial charge in [-0.2, -0.15) is 13.7 Å². The van der Waals surface area contributed by atoms with Gasteiger partial charge in [0, 0.05) is 6.42 Å². The van der Waals surface area contributed by atoms with E-state index < -0.39 is 16.1 Å². The number of nitrogens with zero attached hydrogens (tertiary/aromatic N) is 1. The summed E-state index contributed by atoms with van der Waals surface area (Å²) in [6.07, 6.45) is 0.997. The predicted molar refractivity (Wildman–Crippen MR) is 180 cm³/mol. The van der Waals surface area contributed by atoms with E-state index in [-0.39, 0.29) is 12.2 Å². The molecule has 6 aromatic carbocycles. The van der Waals surface area contributed by atoms with E-state index in [2.05, 4.69) is 54.6 Å². The van der Waals surface area contributed by atoms with Crippen molar-refractivity contribution in [2.45, 2.75) is 26.2 Å². The summed E-state index contributed by atoms with van der Waals surface area (Å²) in [6.45, 7) is 1.62. The fourth-order valence-electron chi connectivity index (χ4n) is 4.81. The molecule has 0 bridgehead atoms. The lowest BCUT2D eigenvalue weighted by molar-refractivity contribution is -0.119. The van der Waals surface area contributed by atoms with Gasteiger partial charge in [0.15, 0.2) is 0 Å². The number of fused-ring (bicyclic) bond motifs is 3. The maximum absolute atomic E-state index is 11.4. The van der Waals surface area contributed by atoms with Crippen molar-refractivity contribution in [1.29, 1.82) is 5.26 Å². The minimum absolute atomic E-state index is 0.0265. The highest BCUT2D eigenvalue weighted by molar-refractivity contribution is 7.87. The molecule has 45 heavy (non-hydrogen) atoms. The van der Waals surface area contributed by atoms with Gasteiger partial charge in [0.05, 0.1) is 18.9 Å². The van der Waals surface area contributed by atoms with E-state index in [1.165, 1.54) is 21.5 Å². The van der Waals surface area contributed by atoms with E-state index in [1.807, 2.05) is 72.8 Å². The zero-order valence-corrected chi connectivity index (χ0v) is 25.6. The second kappa shape index (κ2) is 15.4. The number of rotatable bonds is 6. The molecule has 0 saturated carbocycles. The average Bonchev–Trinajstić information content (AvgIpc) is 3.00. The fraction of sp³-hybridized carbons (Fsp3) is 0.108. The molecule has 0 radical (unpaired) electrons. The van der Waals surface area contributed by atoms with Crippen LogP contribution in [0.3, 0.4) is 0 Å². The minimum Gasteiger partial charge on any atom is -0.300 e. The largest absolute Gasteiger partial charge is 0.300 e. The van der Waals surface area contributed by atoms with Crippen molar-refractivity contribution in [3.63, 3.8) is 0 Å². The topological polar surface area (TPSA) is 130 Å². The predicted octanol–water partition coefficient (Wildman–Crippen LogP) is 6.58. The molecule has 0 unspecified atom stereocenters. The SMILES string of the molecule is CC(=O)Cc1ccc2ccccc2c1.N#CCc1ccc2ccccc2c1.NS(=O)(=O)NC(=O)Cc1ccc2ccccc2c1. The van der Waals surface area contributed by atoms with Crippen LogP contribution in [0.25, 0.3) is 32.3 Å². The summed E-state index contributed by atoms with van der Waals surface area (Å²) in [6, 6.07) is 44.0. The molecule has 0 aliphatic carbocycles. The number of carbonyl (C=O) groups is 2. The first-order valence-corrected chi connectivity index (χ1v) is 15.8. The van der Waals surface area contributed by atoms with Crippen LogP contribution in [-0.2, 0) is 39.1 Å². The second-order valence-electron chi connectivity index (χ2n) is 10.5. The number of carbonyl (C=O) groups excluding carboxylic acids is 2. The second-order valence-corrected chi connectivity index (χ2v) is 11.8. The summed E-state index contributed by atoms with van der Waals surface area (Å²) < 4.78 is 23.1. The molecule has 8 heteroatoms. The number of nitrogens with two attached hydrogens (primary N) is 1. The van der Waals surface area contributed by atoms with E-state index in [0.717, 1.165) is 27.5 Å². The Labute approximate surface area is 263 Å². The van der Waals surface area contributed by atoms with Crippen LogP contribution in [0, 0.1) is 11.3 Å². The first kappa shape index (κ1) is 32.6. The normalized spacial score (nSPS) is 10.6. The summed E-state index contributed by atoms with van der Waals surface area (Å²) in [4.78, 5) is 22.3. The smallest absolute Gasteiger partial charge is 0.298 e. The van der Waals surface area contributed by atoms with Crippen molar-refractivity contribution in [3.05, 3.63) is 144 Å². The van der Waals surface area contributed by atoms with Crippen molar-refractivity contribution >= 4 is 54.2 Å². The van der Waals surface area contributed by atoms with Crippen LogP contribution in [0.5, 0.6) is 0 Å². The molecule has 0 aliphatic rings. The van der Waals surface area contributed by atoms with Crippen molar-refractivity contribution in [1.82, 2.24) is 4.72 Å². The first-order valence-electron chi connectivity index (χ1n) is 14.2. The summed E-state index contributed by atoms with van der Waals surface area (Å²) >= 11 is 0. The highest BCUT2D eigenvalue weighted by Gasteiger charge is 2.09. The molecular weight excluding hydrogens is 582 g/mol. The van der Waals surface area contributed by atoms with Gasteiger partial charge in [0.1, 0.15) is 5.78 Å². The van der Waals surface area contributed by atoms with E-state index in [0.29, 0.717) is 12.8 Å². The van der Waals surface area contributed by atoms with Crippen molar-refractivity contribution in [2.75, 3.05) is 0 Å². The van der Waals surface area contributed by atoms with E-state index in [4.69, 9.17) is 10.4 Å².